The van der Waals surface area contributed by atoms with Crippen LogP contribution >= 0.6 is 0 Å². The number of hydrogen-bond donors (Lipinski definition) is 2. The highest BCUT2D eigenvalue weighted by Crippen LogP contribution is 2.41. The number of nitrogens with zero attached hydrogens (tertiary/aromatic N) is 1. The lowest BCUT2D eigenvalue weighted by Crippen LogP contribution is -2.47. The van der Waals surface area contributed by atoms with E-state index in [1.54, 1.807) is 4.90 Å². The number of nitrogens with one attached hydrogen (secondary N) is 1. The molecular formula is C22H26FN3O2. The Morgan fingerprint density at radius 2 is 1.93 bits per heavy atom. The Labute approximate surface area is 164 Å². The van der Waals surface area contributed by atoms with Crippen LogP contribution in [0.5, 0.6) is 0 Å². The Hall–Kier alpha value is -2.89. The third-order valence-electron chi connectivity index (χ3n) is 5.53. The number of benzene rings is 2. The van der Waals surface area contributed by atoms with Crippen molar-refractivity contribution >= 4 is 17.6 Å². The first-order valence-corrected chi connectivity index (χ1v) is 9.49. The van der Waals surface area contributed by atoms with Crippen LogP contribution in [0.15, 0.2) is 48.5 Å². The van der Waals surface area contributed by atoms with E-state index in [-0.39, 0.29) is 28.7 Å². The van der Waals surface area contributed by atoms with Gasteiger partial charge in [-0.1, -0.05) is 50.6 Å². The minimum Gasteiger partial charge on any atom is -0.366 e. The molecule has 28 heavy (non-hydrogen) atoms. The third kappa shape index (κ3) is 4.32. The zero-order valence-corrected chi connectivity index (χ0v) is 16.2. The summed E-state index contributed by atoms with van der Waals surface area (Å²) in [6.07, 6.45) is 3.01. The van der Waals surface area contributed by atoms with Gasteiger partial charge in [-0.25, -0.2) is 9.18 Å². The molecule has 3 amide bonds. The van der Waals surface area contributed by atoms with E-state index in [1.165, 1.54) is 12.1 Å². The largest absolute Gasteiger partial charge is 0.366 e. The van der Waals surface area contributed by atoms with Gasteiger partial charge in [0, 0.05) is 18.2 Å². The van der Waals surface area contributed by atoms with Crippen LogP contribution in [0.1, 0.15) is 49.0 Å². The van der Waals surface area contributed by atoms with E-state index in [1.807, 2.05) is 30.3 Å². The lowest BCUT2D eigenvalue weighted by molar-refractivity contribution is 0.1000. The summed E-state index contributed by atoms with van der Waals surface area (Å²) in [5, 5.41) is 2.67. The van der Waals surface area contributed by atoms with Crippen molar-refractivity contribution in [2.24, 2.45) is 11.1 Å². The van der Waals surface area contributed by atoms with Gasteiger partial charge in [0.1, 0.15) is 5.82 Å². The molecule has 0 heterocycles. The quantitative estimate of drug-likeness (QED) is 0.795. The van der Waals surface area contributed by atoms with E-state index < -0.39 is 11.7 Å². The van der Waals surface area contributed by atoms with Gasteiger partial charge >= 0.3 is 6.03 Å². The minimum atomic E-state index is -0.713. The number of carbonyl (C=O) groups excluding carboxylic acids is 2. The van der Waals surface area contributed by atoms with E-state index in [0.29, 0.717) is 6.54 Å². The van der Waals surface area contributed by atoms with Crippen LogP contribution in [0.3, 0.4) is 0 Å². The fourth-order valence-electron chi connectivity index (χ4n) is 3.95. The van der Waals surface area contributed by atoms with Crippen LogP contribution < -0.4 is 11.1 Å². The van der Waals surface area contributed by atoms with Gasteiger partial charge in [-0.15, -0.1) is 0 Å². The van der Waals surface area contributed by atoms with Crippen LogP contribution in [0.25, 0.3) is 0 Å². The highest BCUT2D eigenvalue weighted by molar-refractivity contribution is 5.94. The van der Waals surface area contributed by atoms with Gasteiger partial charge in [0.05, 0.1) is 5.69 Å². The van der Waals surface area contributed by atoms with Crippen LogP contribution in [0, 0.1) is 11.2 Å². The summed E-state index contributed by atoms with van der Waals surface area (Å²) in [6, 6.07) is 13.3. The Bertz CT molecular complexity index is 867. The van der Waals surface area contributed by atoms with Gasteiger partial charge < -0.3 is 16.0 Å². The van der Waals surface area contributed by atoms with Crippen molar-refractivity contribution in [3.63, 3.8) is 0 Å². The number of amides is 3. The second kappa shape index (κ2) is 8.00. The molecule has 0 radical (unpaired) electrons. The molecule has 0 saturated heterocycles. The van der Waals surface area contributed by atoms with E-state index in [0.717, 1.165) is 30.9 Å². The van der Waals surface area contributed by atoms with Crippen molar-refractivity contribution in [3.05, 3.63) is 65.5 Å². The molecule has 1 aliphatic carbocycles. The second-order valence-electron chi connectivity index (χ2n) is 8.00. The van der Waals surface area contributed by atoms with Crippen molar-refractivity contribution in [1.29, 1.82) is 0 Å². The first-order valence-electron chi connectivity index (χ1n) is 9.49. The average molecular weight is 383 g/mol. The molecule has 1 unspecified atom stereocenters. The number of primary amides is 1. The van der Waals surface area contributed by atoms with E-state index in [4.69, 9.17) is 5.73 Å². The van der Waals surface area contributed by atoms with Crippen molar-refractivity contribution in [3.8, 4) is 0 Å². The van der Waals surface area contributed by atoms with E-state index in [2.05, 4.69) is 19.2 Å². The number of rotatable bonds is 5. The van der Waals surface area contributed by atoms with Crippen LogP contribution in [-0.2, 0) is 6.54 Å². The molecule has 1 atom stereocenters. The van der Waals surface area contributed by atoms with Crippen LogP contribution in [0.4, 0.5) is 14.9 Å². The molecule has 2 aromatic carbocycles. The molecule has 0 spiro atoms. The summed E-state index contributed by atoms with van der Waals surface area (Å²) in [5.41, 5.74) is 6.28. The van der Waals surface area contributed by atoms with E-state index in [9.17, 15) is 14.0 Å². The molecule has 2 aromatic rings. The fourth-order valence-corrected chi connectivity index (χ4v) is 3.95. The maximum absolute atomic E-state index is 14.3. The smallest absolute Gasteiger partial charge is 0.322 e. The number of anilines is 1. The third-order valence-corrected chi connectivity index (χ3v) is 5.53. The summed E-state index contributed by atoms with van der Waals surface area (Å²) in [5.74, 6) is -1.40. The normalized spacial score (nSPS) is 17.9. The summed E-state index contributed by atoms with van der Waals surface area (Å²) < 4.78 is 14.3. The Kier molecular flexibility index (Phi) is 5.68. The highest BCUT2D eigenvalue weighted by atomic mass is 19.1. The molecule has 6 heteroatoms. The maximum Gasteiger partial charge on any atom is 0.322 e. The monoisotopic (exact) mass is 383 g/mol. The molecule has 3 N–H and O–H groups in total. The molecule has 1 fully saturated rings. The van der Waals surface area contributed by atoms with Crippen LogP contribution in [-0.4, -0.2) is 22.9 Å². The first-order chi connectivity index (χ1) is 13.3. The van der Waals surface area contributed by atoms with Crippen LogP contribution in [0.2, 0.25) is 0 Å². The number of halogens is 1. The molecule has 0 aromatic heterocycles. The number of urea groups is 1. The average Bonchev–Trinajstić information content (AvgIpc) is 3.00. The Morgan fingerprint density at radius 3 is 2.50 bits per heavy atom. The number of carbonyl (C=O) groups is 2. The lowest BCUT2D eigenvalue weighted by Gasteiger charge is -2.37. The second-order valence-corrected chi connectivity index (χ2v) is 8.00. The van der Waals surface area contributed by atoms with Gasteiger partial charge in [-0.05, 0) is 42.0 Å². The van der Waals surface area contributed by atoms with Crippen molar-refractivity contribution in [1.82, 2.24) is 4.90 Å². The van der Waals surface area contributed by atoms with E-state index >= 15 is 0 Å². The summed E-state index contributed by atoms with van der Waals surface area (Å²) in [7, 11) is 0. The van der Waals surface area contributed by atoms with Gasteiger partial charge in [-0.2, -0.15) is 0 Å². The topological polar surface area (TPSA) is 75.4 Å². The van der Waals surface area contributed by atoms with Crippen molar-refractivity contribution in [2.45, 2.75) is 45.7 Å². The highest BCUT2D eigenvalue weighted by Gasteiger charge is 2.40. The van der Waals surface area contributed by atoms with Gasteiger partial charge in [0.25, 0.3) is 0 Å². The zero-order valence-electron chi connectivity index (χ0n) is 16.2. The minimum absolute atomic E-state index is 0.0134. The van der Waals surface area contributed by atoms with Gasteiger partial charge in [0.15, 0.2) is 0 Å². The first kappa shape index (κ1) is 19.9. The number of nitrogens with two attached hydrogens (primary N) is 1. The molecular weight excluding hydrogens is 357 g/mol. The van der Waals surface area contributed by atoms with Gasteiger partial charge in [0.2, 0.25) is 5.91 Å². The molecule has 0 aliphatic heterocycles. The molecule has 5 nitrogen and oxygen atoms in total. The Balaban J connectivity index is 1.85. The summed E-state index contributed by atoms with van der Waals surface area (Å²) in [4.78, 5) is 26.1. The summed E-state index contributed by atoms with van der Waals surface area (Å²) in [6.45, 7) is 4.78. The Morgan fingerprint density at radius 1 is 1.21 bits per heavy atom. The van der Waals surface area contributed by atoms with Crippen molar-refractivity contribution < 1.29 is 14.0 Å². The number of hydrogen-bond acceptors (Lipinski definition) is 2. The molecule has 1 saturated carbocycles. The van der Waals surface area contributed by atoms with Crippen molar-refractivity contribution in [2.75, 3.05) is 5.32 Å². The predicted octanol–water partition coefficient (Wildman–Crippen LogP) is 4.54. The molecule has 148 valence electrons. The maximum atomic E-state index is 14.3. The fraction of sp³-hybridized carbons (Fsp3) is 0.364. The summed E-state index contributed by atoms with van der Waals surface area (Å²) >= 11 is 0. The standard InChI is InChI=1S/C22H26FN3O2/c1-22(2)12-6-9-19(22)26(14-15-7-4-3-5-8-15)21(28)25-18-11-10-16(20(24)27)13-17(18)23/h3-5,7-8,10-11,13,19H,6,9,12,14H2,1-2H3,(H2,24,27)(H,25,28). The molecule has 1 aliphatic rings. The lowest BCUT2D eigenvalue weighted by atomic mass is 9.86. The zero-order chi connectivity index (χ0) is 20.3. The molecule has 0 bridgehead atoms. The molecule has 3 rings (SSSR count). The predicted molar refractivity (Wildman–Crippen MR) is 107 cm³/mol. The SMILES string of the molecule is CC1(C)CCCC1N(Cc1ccccc1)C(=O)Nc1ccc(C(N)=O)cc1F. The van der Waals surface area contributed by atoms with Gasteiger partial charge in [-0.3, -0.25) is 4.79 Å².